The average molecular weight is 349 g/mol. The molecule has 2 atom stereocenters. The maximum atomic E-state index is 12.7. The van der Waals surface area contributed by atoms with E-state index in [4.69, 9.17) is 4.74 Å². The smallest absolute Gasteiger partial charge is 0.323 e. The zero-order chi connectivity index (χ0) is 18.9. The Morgan fingerprint density at radius 1 is 1.20 bits per heavy atom. The third-order valence-electron chi connectivity index (χ3n) is 4.58. The number of carbonyl (C=O) groups is 2. The van der Waals surface area contributed by atoms with Crippen molar-refractivity contribution in [2.24, 2.45) is 5.41 Å². The Kier molecular flexibility index (Phi) is 8.62. The summed E-state index contributed by atoms with van der Waals surface area (Å²) in [5.74, 6) is -1.69. The molecule has 1 rings (SSSR count). The third-order valence-corrected chi connectivity index (χ3v) is 4.58. The summed E-state index contributed by atoms with van der Waals surface area (Å²) < 4.78 is 5.42. The summed E-state index contributed by atoms with van der Waals surface area (Å²) in [5, 5.41) is 9.87. The number of rotatable bonds is 11. The van der Waals surface area contributed by atoms with Gasteiger partial charge in [-0.2, -0.15) is 0 Å². The number of benzene rings is 1. The number of carboxylic acid groups (broad SMARTS) is 1. The van der Waals surface area contributed by atoms with Gasteiger partial charge in [-0.1, -0.05) is 37.3 Å². The number of hydrogen-bond donors (Lipinski definition) is 1. The molecule has 0 bridgehead atoms. The van der Waals surface area contributed by atoms with Crippen LogP contribution in [0.15, 0.2) is 30.3 Å². The molecular formula is C20H31NO4. The van der Waals surface area contributed by atoms with Crippen LogP contribution < -0.4 is 0 Å². The molecule has 0 aliphatic rings. The van der Waals surface area contributed by atoms with Gasteiger partial charge in [-0.3, -0.25) is 9.59 Å². The Hall–Kier alpha value is -1.88. The first-order valence-electron chi connectivity index (χ1n) is 8.95. The number of ether oxygens (including phenoxy) is 1. The lowest BCUT2D eigenvalue weighted by molar-refractivity contribution is -0.173. The largest absolute Gasteiger partial charge is 0.480 e. The van der Waals surface area contributed by atoms with E-state index in [1.165, 1.54) is 0 Å². The summed E-state index contributed by atoms with van der Waals surface area (Å²) in [6.45, 7) is 4.23. The highest BCUT2D eigenvalue weighted by Crippen LogP contribution is 2.32. The molecule has 140 valence electrons. The number of aliphatic carboxylic acids is 1. The summed E-state index contributed by atoms with van der Waals surface area (Å²) in [6, 6.07) is 9.90. The van der Waals surface area contributed by atoms with Gasteiger partial charge in [0.15, 0.2) is 5.41 Å². The van der Waals surface area contributed by atoms with Crippen molar-refractivity contribution in [2.45, 2.75) is 52.1 Å². The standard InChI is InChI=1S/C20H31NO4/c1-5-16(2)25-19(24)20(18(22)23,14-15-21(3)4)13-9-12-17-10-7-6-8-11-17/h6-8,10-11,16H,5,9,12-15H2,1-4H3,(H,22,23). The van der Waals surface area contributed by atoms with E-state index in [0.29, 0.717) is 19.4 Å². The maximum absolute atomic E-state index is 12.7. The first-order chi connectivity index (χ1) is 11.8. The van der Waals surface area contributed by atoms with Gasteiger partial charge < -0.3 is 14.7 Å². The van der Waals surface area contributed by atoms with Gasteiger partial charge in [0.25, 0.3) is 0 Å². The molecule has 0 aromatic heterocycles. The summed E-state index contributed by atoms with van der Waals surface area (Å²) in [6.07, 6.45) is 2.28. The molecule has 0 saturated heterocycles. The molecule has 25 heavy (non-hydrogen) atoms. The van der Waals surface area contributed by atoms with Crippen molar-refractivity contribution in [3.05, 3.63) is 35.9 Å². The van der Waals surface area contributed by atoms with Gasteiger partial charge in [0.1, 0.15) is 0 Å². The minimum absolute atomic E-state index is 0.249. The summed E-state index contributed by atoms with van der Waals surface area (Å²) >= 11 is 0. The molecule has 0 heterocycles. The summed E-state index contributed by atoms with van der Waals surface area (Å²) in [5.41, 5.74) is -0.340. The van der Waals surface area contributed by atoms with E-state index < -0.39 is 17.4 Å². The van der Waals surface area contributed by atoms with Crippen LogP contribution >= 0.6 is 0 Å². The molecule has 0 amide bonds. The average Bonchev–Trinajstić information content (AvgIpc) is 2.58. The van der Waals surface area contributed by atoms with Crippen molar-refractivity contribution in [3.8, 4) is 0 Å². The lowest BCUT2D eigenvalue weighted by atomic mass is 9.79. The molecule has 0 radical (unpaired) electrons. The van der Waals surface area contributed by atoms with Gasteiger partial charge in [0.05, 0.1) is 6.10 Å². The van der Waals surface area contributed by atoms with Crippen molar-refractivity contribution in [2.75, 3.05) is 20.6 Å². The second-order valence-corrected chi connectivity index (χ2v) is 6.90. The fourth-order valence-electron chi connectivity index (χ4n) is 2.66. The predicted molar refractivity (Wildman–Crippen MR) is 98.5 cm³/mol. The minimum atomic E-state index is -1.48. The van der Waals surface area contributed by atoms with Crippen LogP contribution in [0.1, 0.15) is 45.1 Å². The van der Waals surface area contributed by atoms with E-state index >= 15 is 0 Å². The van der Waals surface area contributed by atoms with E-state index in [2.05, 4.69) is 0 Å². The Morgan fingerprint density at radius 2 is 1.84 bits per heavy atom. The molecule has 0 spiro atoms. The van der Waals surface area contributed by atoms with Crippen molar-refractivity contribution >= 4 is 11.9 Å². The maximum Gasteiger partial charge on any atom is 0.323 e. The topological polar surface area (TPSA) is 66.8 Å². The van der Waals surface area contributed by atoms with Crippen LogP contribution in [-0.4, -0.2) is 48.7 Å². The third kappa shape index (κ3) is 6.50. The SMILES string of the molecule is CCC(C)OC(=O)C(CCCc1ccccc1)(CCN(C)C)C(=O)O. The second kappa shape index (κ2) is 10.2. The Labute approximate surface area is 151 Å². The second-order valence-electron chi connectivity index (χ2n) is 6.90. The molecule has 1 aromatic rings. The van der Waals surface area contributed by atoms with E-state index in [1.54, 1.807) is 6.92 Å². The van der Waals surface area contributed by atoms with Gasteiger partial charge in [0, 0.05) is 0 Å². The first-order valence-corrected chi connectivity index (χ1v) is 8.95. The first kappa shape index (κ1) is 21.2. The van der Waals surface area contributed by atoms with Crippen LogP contribution in [0.4, 0.5) is 0 Å². The van der Waals surface area contributed by atoms with E-state index in [1.807, 2.05) is 56.3 Å². The van der Waals surface area contributed by atoms with E-state index in [-0.39, 0.29) is 18.9 Å². The van der Waals surface area contributed by atoms with Crippen molar-refractivity contribution < 1.29 is 19.4 Å². The molecule has 1 N–H and O–H groups in total. The molecule has 0 aliphatic carbocycles. The van der Waals surface area contributed by atoms with Crippen LogP contribution in [-0.2, 0) is 20.7 Å². The van der Waals surface area contributed by atoms with Gasteiger partial charge >= 0.3 is 11.9 Å². The number of hydrogen-bond acceptors (Lipinski definition) is 4. The molecule has 0 saturated carbocycles. The van der Waals surface area contributed by atoms with Gasteiger partial charge in [-0.15, -0.1) is 0 Å². The highest BCUT2D eigenvalue weighted by Gasteiger charge is 2.47. The fourth-order valence-corrected chi connectivity index (χ4v) is 2.66. The lowest BCUT2D eigenvalue weighted by Gasteiger charge is -2.30. The number of esters is 1. The predicted octanol–water partition coefficient (Wildman–Crippen LogP) is 3.37. The lowest BCUT2D eigenvalue weighted by Crippen LogP contribution is -2.44. The van der Waals surface area contributed by atoms with E-state index in [9.17, 15) is 14.7 Å². The zero-order valence-corrected chi connectivity index (χ0v) is 15.8. The number of carboxylic acids is 1. The quantitative estimate of drug-likeness (QED) is 0.490. The van der Waals surface area contributed by atoms with Crippen molar-refractivity contribution in [1.82, 2.24) is 4.90 Å². The summed E-state index contributed by atoms with van der Waals surface area (Å²) in [4.78, 5) is 26.7. The highest BCUT2D eigenvalue weighted by molar-refractivity contribution is 5.99. The molecule has 0 fully saturated rings. The van der Waals surface area contributed by atoms with E-state index in [0.717, 1.165) is 12.0 Å². The molecule has 1 aromatic carbocycles. The summed E-state index contributed by atoms with van der Waals surface area (Å²) in [7, 11) is 3.74. The van der Waals surface area contributed by atoms with Crippen molar-refractivity contribution in [3.63, 3.8) is 0 Å². The Balaban J connectivity index is 2.89. The Bertz CT molecular complexity index is 544. The molecular weight excluding hydrogens is 318 g/mol. The minimum Gasteiger partial charge on any atom is -0.480 e. The number of nitrogens with zero attached hydrogens (tertiary/aromatic N) is 1. The molecule has 0 aliphatic heterocycles. The number of aryl methyl sites for hydroxylation is 1. The molecule has 5 heteroatoms. The monoisotopic (exact) mass is 349 g/mol. The zero-order valence-electron chi connectivity index (χ0n) is 15.8. The fraction of sp³-hybridized carbons (Fsp3) is 0.600. The van der Waals surface area contributed by atoms with Gasteiger partial charge in [-0.25, -0.2) is 0 Å². The normalized spacial score (nSPS) is 14.8. The van der Waals surface area contributed by atoms with Crippen LogP contribution in [0.25, 0.3) is 0 Å². The van der Waals surface area contributed by atoms with Gasteiger partial charge in [-0.05, 0) is 65.2 Å². The van der Waals surface area contributed by atoms with Crippen molar-refractivity contribution in [1.29, 1.82) is 0 Å². The van der Waals surface area contributed by atoms with Crippen LogP contribution in [0.5, 0.6) is 0 Å². The van der Waals surface area contributed by atoms with Crippen LogP contribution in [0.2, 0.25) is 0 Å². The van der Waals surface area contributed by atoms with Crippen LogP contribution in [0, 0.1) is 5.41 Å². The highest BCUT2D eigenvalue weighted by atomic mass is 16.5. The molecule has 5 nitrogen and oxygen atoms in total. The van der Waals surface area contributed by atoms with Crippen LogP contribution in [0.3, 0.4) is 0 Å². The Morgan fingerprint density at radius 3 is 2.36 bits per heavy atom. The number of carbonyl (C=O) groups excluding carboxylic acids is 1. The molecule has 2 unspecified atom stereocenters. The van der Waals surface area contributed by atoms with Gasteiger partial charge in [0.2, 0.25) is 0 Å².